The molecule has 0 unspecified atom stereocenters. The summed E-state index contributed by atoms with van der Waals surface area (Å²) in [6.07, 6.45) is 2.96. The Hall–Kier alpha value is -1.55. The van der Waals surface area contributed by atoms with E-state index in [1.165, 1.54) is 10.1 Å². The van der Waals surface area contributed by atoms with Crippen LogP contribution >= 0.6 is 0 Å². The zero-order valence-electron chi connectivity index (χ0n) is 11.2. The molecule has 1 aromatic heterocycles. The van der Waals surface area contributed by atoms with Crippen LogP contribution in [0.2, 0.25) is 0 Å². The van der Waals surface area contributed by atoms with Gasteiger partial charge in [-0.3, -0.25) is 4.57 Å². The van der Waals surface area contributed by atoms with Crippen LogP contribution in [0.15, 0.2) is 27.4 Å². The van der Waals surface area contributed by atoms with E-state index >= 15 is 0 Å². The number of nitrogens with two attached hydrogens (primary N) is 1. The highest BCUT2D eigenvalue weighted by atomic mass is 16.4. The lowest BCUT2D eigenvalue weighted by Gasteiger charge is -2.17. The number of fused-ring (bicyclic) bond motifs is 1. The van der Waals surface area contributed by atoms with Gasteiger partial charge in [0.05, 0.1) is 5.52 Å². The minimum atomic E-state index is -0.315. The Morgan fingerprint density at radius 3 is 2.78 bits per heavy atom. The second-order valence-corrected chi connectivity index (χ2v) is 5.57. The number of rotatable bonds is 4. The van der Waals surface area contributed by atoms with Crippen molar-refractivity contribution in [3.63, 3.8) is 0 Å². The van der Waals surface area contributed by atoms with Crippen LogP contribution in [-0.4, -0.2) is 10.1 Å². The van der Waals surface area contributed by atoms with Crippen molar-refractivity contribution in [3.05, 3.63) is 34.3 Å². The molecule has 4 heteroatoms. The first-order chi connectivity index (χ1) is 8.37. The molecule has 0 aliphatic heterocycles. The molecule has 0 bridgehead atoms. The molecule has 0 spiro atoms. The van der Waals surface area contributed by atoms with Crippen molar-refractivity contribution >= 4 is 11.1 Å². The molecule has 0 aliphatic carbocycles. The van der Waals surface area contributed by atoms with Gasteiger partial charge in [0.15, 0.2) is 5.58 Å². The minimum absolute atomic E-state index is 0.122. The Bertz CT molecular complexity index is 602. The smallest absolute Gasteiger partial charge is 0.408 e. The molecule has 2 N–H and O–H groups in total. The van der Waals surface area contributed by atoms with Crippen LogP contribution in [0.5, 0.6) is 0 Å². The highest BCUT2D eigenvalue weighted by molar-refractivity contribution is 5.73. The lowest BCUT2D eigenvalue weighted by atomic mass is 9.97. The predicted molar refractivity (Wildman–Crippen MR) is 72.7 cm³/mol. The van der Waals surface area contributed by atoms with Crippen molar-refractivity contribution in [1.82, 2.24) is 4.57 Å². The molecule has 4 nitrogen and oxygen atoms in total. The molecule has 0 atom stereocenters. The third-order valence-electron chi connectivity index (χ3n) is 3.14. The first-order valence-electron chi connectivity index (χ1n) is 6.24. The van der Waals surface area contributed by atoms with Gasteiger partial charge in [0, 0.05) is 12.6 Å². The quantitative estimate of drug-likeness (QED) is 0.902. The summed E-state index contributed by atoms with van der Waals surface area (Å²) in [5.74, 6) is -0.315. The standard InChI is InChI=1S/C14H20N2O2/c1-14(2,15)8-4-5-10-6-7-11-12(9-10)18-13(17)16(11)3/h6-7,9H,4-5,8,15H2,1-3H3. The number of oxazole rings is 1. The van der Waals surface area contributed by atoms with E-state index in [2.05, 4.69) is 0 Å². The molecule has 0 amide bonds. The second kappa shape index (κ2) is 4.61. The maximum atomic E-state index is 11.4. The van der Waals surface area contributed by atoms with Gasteiger partial charge >= 0.3 is 5.76 Å². The number of aromatic nitrogens is 1. The molecule has 1 aromatic carbocycles. The van der Waals surface area contributed by atoms with Crippen molar-refractivity contribution in [3.8, 4) is 0 Å². The van der Waals surface area contributed by atoms with Gasteiger partial charge in [-0.1, -0.05) is 6.07 Å². The van der Waals surface area contributed by atoms with Crippen LogP contribution in [0.3, 0.4) is 0 Å². The summed E-state index contributed by atoms with van der Waals surface area (Å²) in [6, 6.07) is 5.92. The van der Waals surface area contributed by atoms with Crippen LogP contribution in [0.4, 0.5) is 0 Å². The molecule has 0 saturated carbocycles. The second-order valence-electron chi connectivity index (χ2n) is 5.57. The Labute approximate surface area is 106 Å². The number of benzene rings is 1. The Balaban J connectivity index is 2.13. The first-order valence-corrected chi connectivity index (χ1v) is 6.24. The number of hydrogen-bond donors (Lipinski definition) is 1. The normalized spacial score (nSPS) is 12.2. The third-order valence-corrected chi connectivity index (χ3v) is 3.14. The van der Waals surface area contributed by atoms with E-state index in [9.17, 15) is 4.79 Å². The van der Waals surface area contributed by atoms with E-state index in [-0.39, 0.29) is 11.3 Å². The van der Waals surface area contributed by atoms with Crippen LogP contribution in [-0.2, 0) is 13.5 Å². The Kier molecular flexibility index (Phi) is 3.30. The van der Waals surface area contributed by atoms with Gasteiger partial charge < -0.3 is 10.2 Å². The van der Waals surface area contributed by atoms with E-state index < -0.39 is 0 Å². The van der Waals surface area contributed by atoms with Gasteiger partial charge in [-0.15, -0.1) is 0 Å². The fourth-order valence-electron chi connectivity index (χ4n) is 2.08. The third kappa shape index (κ3) is 2.82. The van der Waals surface area contributed by atoms with E-state index in [0.717, 1.165) is 24.8 Å². The van der Waals surface area contributed by atoms with Gasteiger partial charge in [-0.2, -0.15) is 0 Å². The van der Waals surface area contributed by atoms with Crippen LogP contribution < -0.4 is 11.5 Å². The first kappa shape index (κ1) is 12.9. The number of nitrogens with zero attached hydrogens (tertiary/aromatic N) is 1. The maximum Gasteiger partial charge on any atom is 0.419 e. The molecule has 98 valence electrons. The molecule has 18 heavy (non-hydrogen) atoms. The monoisotopic (exact) mass is 248 g/mol. The lowest BCUT2D eigenvalue weighted by Crippen LogP contribution is -2.31. The zero-order valence-corrected chi connectivity index (χ0v) is 11.2. The highest BCUT2D eigenvalue weighted by Crippen LogP contribution is 2.17. The fraction of sp³-hybridized carbons (Fsp3) is 0.500. The summed E-state index contributed by atoms with van der Waals surface area (Å²) in [6.45, 7) is 4.07. The zero-order chi connectivity index (χ0) is 13.3. The van der Waals surface area contributed by atoms with E-state index in [4.69, 9.17) is 10.2 Å². The number of hydrogen-bond acceptors (Lipinski definition) is 3. The maximum absolute atomic E-state index is 11.4. The van der Waals surface area contributed by atoms with Crippen molar-refractivity contribution < 1.29 is 4.42 Å². The van der Waals surface area contributed by atoms with Crippen LogP contribution in [0.25, 0.3) is 11.1 Å². The summed E-state index contributed by atoms with van der Waals surface area (Å²) < 4.78 is 6.69. The molecule has 0 aliphatic rings. The van der Waals surface area contributed by atoms with E-state index in [1.807, 2.05) is 32.0 Å². The fourth-order valence-corrected chi connectivity index (χ4v) is 2.08. The average molecular weight is 248 g/mol. The Morgan fingerprint density at radius 1 is 1.39 bits per heavy atom. The summed E-state index contributed by atoms with van der Waals surface area (Å²) in [7, 11) is 1.71. The van der Waals surface area contributed by atoms with Crippen molar-refractivity contribution in [2.75, 3.05) is 0 Å². The van der Waals surface area contributed by atoms with Gasteiger partial charge in [0.2, 0.25) is 0 Å². The van der Waals surface area contributed by atoms with Gasteiger partial charge in [0.25, 0.3) is 0 Å². The van der Waals surface area contributed by atoms with Gasteiger partial charge in [0.1, 0.15) is 0 Å². The summed E-state index contributed by atoms with van der Waals surface area (Å²) in [5.41, 5.74) is 8.51. The average Bonchev–Trinajstić information content (AvgIpc) is 2.53. The van der Waals surface area contributed by atoms with Crippen LogP contribution in [0, 0.1) is 0 Å². The summed E-state index contributed by atoms with van der Waals surface area (Å²) >= 11 is 0. The van der Waals surface area contributed by atoms with E-state index in [0.29, 0.717) is 5.58 Å². The SMILES string of the molecule is Cn1c(=O)oc2cc(CCCC(C)(C)N)ccc21. The topological polar surface area (TPSA) is 61.2 Å². The molecule has 0 radical (unpaired) electrons. The van der Waals surface area contributed by atoms with Gasteiger partial charge in [-0.05, 0) is 50.8 Å². The number of aryl methyl sites for hydroxylation is 2. The summed E-state index contributed by atoms with van der Waals surface area (Å²) in [5, 5.41) is 0. The molecule has 1 heterocycles. The largest absolute Gasteiger partial charge is 0.419 e. The Morgan fingerprint density at radius 2 is 2.11 bits per heavy atom. The molecule has 0 fully saturated rings. The lowest BCUT2D eigenvalue weighted by molar-refractivity contribution is 0.459. The molecule has 2 aromatic rings. The predicted octanol–water partition coefficient (Wildman–Crippen LogP) is 2.19. The molecule has 2 rings (SSSR count). The highest BCUT2D eigenvalue weighted by Gasteiger charge is 2.10. The minimum Gasteiger partial charge on any atom is -0.408 e. The molecular weight excluding hydrogens is 228 g/mol. The van der Waals surface area contributed by atoms with Crippen molar-refractivity contribution in [2.45, 2.75) is 38.6 Å². The van der Waals surface area contributed by atoms with Gasteiger partial charge in [-0.25, -0.2) is 4.79 Å². The van der Waals surface area contributed by atoms with Crippen molar-refractivity contribution in [1.29, 1.82) is 0 Å². The van der Waals surface area contributed by atoms with E-state index in [1.54, 1.807) is 7.05 Å². The molecular formula is C14H20N2O2. The van der Waals surface area contributed by atoms with Crippen molar-refractivity contribution in [2.24, 2.45) is 12.8 Å². The molecule has 0 saturated heterocycles. The summed E-state index contributed by atoms with van der Waals surface area (Å²) in [4.78, 5) is 11.4. The van der Waals surface area contributed by atoms with Crippen LogP contribution in [0.1, 0.15) is 32.3 Å².